The molecule has 4 heavy (non-hydrogen) atoms. The SMILES string of the molecule is BCPC. The highest BCUT2D eigenvalue weighted by atomic mass is 31.1. The molecule has 0 N–H and O–H groups in total. The molecule has 0 spiro atoms. The monoisotopic (exact) mass is 74.0 g/mol. The molecule has 24 valence electrons. The fraction of sp³-hybridized carbons (Fsp3) is 1.00. The second-order valence-corrected chi connectivity index (χ2v) is 2.12. The van der Waals surface area contributed by atoms with E-state index in [0.29, 0.717) is 0 Å². The lowest BCUT2D eigenvalue weighted by molar-refractivity contribution is 2.15. The normalized spacial score (nSPS) is 10.2. The molecule has 1 atom stereocenters. The summed E-state index contributed by atoms with van der Waals surface area (Å²) in [5, 5.41) is 0. The first-order chi connectivity index (χ1) is 1.91. The van der Waals surface area contributed by atoms with Crippen molar-refractivity contribution in [1.82, 2.24) is 0 Å². The second kappa shape index (κ2) is 3.49. The van der Waals surface area contributed by atoms with Crippen molar-refractivity contribution >= 4 is 16.4 Å². The topological polar surface area (TPSA) is 0 Å². The summed E-state index contributed by atoms with van der Waals surface area (Å²) in [5.74, 6) is 0. The molecule has 1 unspecified atom stereocenters. The Bertz CT molecular complexity index is 8.00. The van der Waals surface area contributed by atoms with Gasteiger partial charge in [-0.1, -0.05) is 6.06 Å². The molecular formula is C2H8BP. The van der Waals surface area contributed by atoms with E-state index in [1.807, 2.05) is 0 Å². The second-order valence-electron chi connectivity index (χ2n) is 0.707. The van der Waals surface area contributed by atoms with Gasteiger partial charge in [-0.25, -0.2) is 0 Å². The maximum absolute atomic E-state index is 2.21. The van der Waals surface area contributed by atoms with Crippen LogP contribution in [-0.2, 0) is 0 Å². The summed E-state index contributed by atoms with van der Waals surface area (Å²) in [5.41, 5.74) is 0. The van der Waals surface area contributed by atoms with E-state index in [2.05, 4.69) is 14.5 Å². The Balaban J connectivity index is 1.97. The van der Waals surface area contributed by atoms with E-state index in [1.165, 1.54) is 6.06 Å². The van der Waals surface area contributed by atoms with Crippen molar-refractivity contribution in [1.29, 1.82) is 0 Å². The number of hydrogen-bond acceptors (Lipinski definition) is 0. The van der Waals surface area contributed by atoms with Gasteiger partial charge in [-0.2, -0.15) is 0 Å². The standard InChI is InChI=1S/C2H8BP/c1-4-2-3/h4H,2-3H2,1H3. The molecule has 0 radical (unpaired) electrons. The van der Waals surface area contributed by atoms with Crippen LogP contribution >= 0.6 is 8.58 Å². The predicted octanol–water partition coefficient (Wildman–Crippen LogP) is -0.115. The lowest BCUT2D eigenvalue weighted by Gasteiger charge is -1.68. The van der Waals surface area contributed by atoms with Crippen LogP contribution in [0.3, 0.4) is 0 Å². The average Bonchev–Trinajstić information content (AvgIpc) is 1.37. The maximum atomic E-state index is 2.21. The molecule has 0 fully saturated rings. The first kappa shape index (κ1) is 4.49. The van der Waals surface area contributed by atoms with Crippen LogP contribution in [-0.4, -0.2) is 20.6 Å². The molecule has 0 heterocycles. The third-order valence-corrected chi connectivity index (χ3v) is 1.06. The van der Waals surface area contributed by atoms with Crippen molar-refractivity contribution in [3.63, 3.8) is 0 Å². The Morgan fingerprint density at radius 2 is 2.25 bits per heavy atom. The van der Waals surface area contributed by atoms with E-state index in [-0.39, 0.29) is 0 Å². The quantitative estimate of drug-likeness (QED) is 0.300. The van der Waals surface area contributed by atoms with Crippen molar-refractivity contribution in [2.45, 2.75) is 0 Å². The summed E-state index contributed by atoms with van der Waals surface area (Å²) in [7, 11) is 3.33. The number of hydrogen-bond donors (Lipinski definition) is 0. The highest BCUT2D eigenvalue weighted by Gasteiger charge is 1.56. The molecular weight excluding hydrogens is 65.8 g/mol. The summed E-state index contributed by atoms with van der Waals surface area (Å²) in [6.45, 7) is 2.21. The van der Waals surface area contributed by atoms with Crippen LogP contribution in [0, 0.1) is 0 Å². The van der Waals surface area contributed by atoms with Gasteiger partial charge in [-0.15, -0.1) is 8.58 Å². The van der Waals surface area contributed by atoms with Gasteiger partial charge in [0, 0.05) is 0 Å². The van der Waals surface area contributed by atoms with Crippen LogP contribution in [0.2, 0.25) is 0 Å². The highest BCUT2D eigenvalue weighted by Crippen LogP contribution is 1.92. The minimum atomic E-state index is 1.14. The molecule has 0 aromatic rings. The maximum Gasteiger partial charge on any atom is 0.106 e. The molecule has 0 rings (SSSR count). The van der Waals surface area contributed by atoms with Crippen LogP contribution in [0.1, 0.15) is 0 Å². The molecule has 0 bridgehead atoms. The zero-order valence-electron chi connectivity index (χ0n) is 3.21. The zero-order valence-corrected chi connectivity index (χ0v) is 4.21. The van der Waals surface area contributed by atoms with Crippen LogP contribution < -0.4 is 0 Å². The first-order valence-corrected chi connectivity index (χ1v) is 3.27. The van der Waals surface area contributed by atoms with E-state index in [4.69, 9.17) is 0 Å². The molecule has 0 aliphatic carbocycles. The van der Waals surface area contributed by atoms with Gasteiger partial charge in [0.25, 0.3) is 0 Å². The van der Waals surface area contributed by atoms with Gasteiger partial charge >= 0.3 is 0 Å². The van der Waals surface area contributed by atoms with Crippen molar-refractivity contribution < 1.29 is 0 Å². The van der Waals surface area contributed by atoms with Gasteiger partial charge in [-0.05, 0) is 6.66 Å². The average molecular weight is 73.9 g/mol. The van der Waals surface area contributed by atoms with Gasteiger partial charge < -0.3 is 0 Å². The molecule has 0 nitrogen and oxygen atoms in total. The van der Waals surface area contributed by atoms with Gasteiger partial charge in [-0.3, -0.25) is 0 Å². The molecule has 0 saturated carbocycles. The number of rotatable bonds is 1. The molecule has 0 aromatic heterocycles. The molecule has 0 aliphatic heterocycles. The largest absolute Gasteiger partial charge is 0.133 e. The Labute approximate surface area is 30.2 Å². The van der Waals surface area contributed by atoms with E-state index in [1.54, 1.807) is 0 Å². The van der Waals surface area contributed by atoms with Gasteiger partial charge in [0.1, 0.15) is 7.85 Å². The van der Waals surface area contributed by atoms with Crippen molar-refractivity contribution in [3.8, 4) is 0 Å². The smallest absolute Gasteiger partial charge is 0.106 e. The van der Waals surface area contributed by atoms with Crippen molar-refractivity contribution in [3.05, 3.63) is 0 Å². The van der Waals surface area contributed by atoms with Crippen molar-refractivity contribution in [2.24, 2.45) is 0 Å². The zero-order chi connectivity index (χ0) is 3.41. The minimum Gasteiger partial charge on any atom is -0.133 e. The van der Waals surface area contributed by atoms with Crippen LogP contribution in [0.5, 0.6) is 0 Å². The molecule has 2 heteroatoms. The van der Waals surface area contributed by atoms with E-state index >= 15 is 0 Å². The molecule has 0 aliphatic rings. The van der Waals surface area contributed by atoms with Crippen LogP contribution in [0.4, 0.5) is 0 Å². The lowest BCUT2D eigenvalue weighted by atomic mass is 10.2. The van der Waals surface area contributed by atoms with Crippen LogP contribution in [0.25, 0.3) is 0 Å². The van der Waals surface area contributed by atoms with Gasteiger partial charge in [0.15, 0.2) is 0 Å². The summed E-state index contributed by atoms with van der Waals surface area (Å²) in [4.78, 5) is 0. The Morgan fingerprint density at radius 3 is 2.25 bits per heavy atom. The lowest BCUT2D eigenvalue weighted by Crippen LogP contribution is -1.60. The fourth-order valence-corrected chi connectivity index (χ4v) is 0. The van der Waals surface area contributed by atoms with E-state index in [9.17, 15) is 0 Å². The summed E-state index contributed by atoms with van der Waals surface area (Å²) in [6.07, 6.45) is 0. The minimum absolute atomic E-state index is 1.14. The van der Waals surface area contributed by atoms with E-state index < -0.39 is 0 Å². The Hall–Kier alpha value is 0.495. The van der Waals surface area contributed by atoms with Gasteiger partial charge in [0.05, 0.1) is 0 Å². The molecule has 0 saturated heterocycles. The Morgan fingerprint density at radius 1 is 2.00 bits per heavy atom. The molecule has 0 amide bonds. The fourth-order valence-electron chi connectivity index (χ4n) is 0. The highest BCUT2D eigenvalue weighted by molar-refractivity contribution is 7.39. The third-order valence-electron chi connectivity index (χ3n) is 0.354. The van der Waals surface area contributed by atoms with Crippen LogP contribution in [0.15, 0.2) is 0 Å². The van der Waals surface area contributed by atoms with Crippen molar-refractivity contribution in [2.75, 3.05) is 12.7 Å². The predicted molar refractivity (Wildman–Crippen MR) is 27.6 cm³/mol. The summed E-state index contributed by atoms with van der Waals surface area (Å²) >= 11 is 0. The summed E-state index contributed by atoms with van der Waals surface area (Å²) in [6, 6.07) is 1.35. The third kappa shape index (κ3) is 2.49. The Kier molecular flexibility index (Phi) is 3.93. The first-order valence-electron chi connectivity index (χ1n) is 1.56. The molecule has 0 aromatic carbocycles. The summed E-state index contributed by atoms with van der Waals surface area (Å²) < 4.78 is 0. The van der Waals surface area contributed by atoms with Gasteiger partial charge in [0.2, 0.25) is 0 Å². The van der Waals surface area contributed by atoms with E-state index in [0.717, 1.165) is 8.58 Å².